The van der Waals surface area contributed by atoms with E-state index in [1.165, 1.54) is 5.56 Å². The molecule has 0 saturated carbocycles. The molecule has 0 aromatic heterocycles. The lowest BCUT2D eigenvalue weighted by Crippen LogP contribution is -2.39. The summed E-state index contributed by atoms with van der Waals surface area (Å²) in [6.45, 7) is 4.45. The van der Waals surface area contributed by atoms with Crippen LogP contribution >= 0.6 is 11.6 Å². The average Bonchev–Trinajstić information content (AvgIpc) is 2.65. The fourth-order valence-electron chi connectivity index (χ4n) is 3.62. The molecule has 0 bridgehead atoms. The van der Waals surface area contributed by atoms with E-state index in [1.807, 2.05) is 30.0 Å². The lowest BCUT2D eigenvalue weighted by molar-refractivity contribution is -0.132. The molecule has 1 aliphatic heterocycles. The van der Waals surface area contributed by atoms with Gasteiger partial charge in [-0.1, -0.05) is 41.9 Å². The minimum absolute atomic E-state index is 0.252. The fourth-order valence-corrected chi connectivity index (χ4v) is 3.85. The largest absolute Gasteiger partial charge is 0.384 e. The summed E-state index contributed by atoms with van der Waals surface area (Å²) >= 11 is 5.98. The van der Waals surface area contributed by atoms with Gasteiger partial charge in [0.2, 0.25) is 5.91 Å². The molecular weight excluding hydrogens is 344 g/mol. The van der Waals surface area contributed by atoms with E-state index in [0.717, 1.165) is 48.6 Å². The van der Waals surface area contributed by atoms with E-state index < -0.39 is 0 Å². The first-order valence-electron chi connectivity index (χ1n) is 9.43. The molecule has 0 unspecified atom stereocenters. The maximum atomic E-state index is 12.5. The number of aryl methyl sites for hydroxylation is 1. The van der Waals surface area contributed by atoms with E-state index >= 15 is 0 Å². The summed E-state index contributed by atoms with van der Waals surface area (Å²) in [5.41, 5.74) is 3.55. The van der Waals surface area contributed by atoms with Gasteiger partial charge >= 0.3 is 0 Å². The number of piperidine rings is 1. The number of carbonyl (C=O) groups excluding carboxylic acids is 1. The van der Waals surface area contributed by atoms with Crippen molar-refractivity contribution in [3.05, 3.63) is 64.7 Å². The van der Waals surface area contributed by atoms with Crippen molar-refractivity contribution in [2.24, 2.45) is 5.92 Å². The maximum Gasteiger partial charge on any atom is 0.224 e. The molecule has 3 nitrogen and oxygen atoms in total. The molecule has 1 heterocycles. The van der Waals surface area contributed by atoms with Crippen LogP contribution in [0, 0.1) is 12.8 Å². The molecule has 0 spiro atoms. The van der Waals surface area contributed by atoms with Crippen LogP contribution in [0.4, 0.5) is 5.69 Å². The van der Waals surface area contributed by atoms with E-state index in [9.17, 15) is 4.79 Å². The number of likely N-dealkylation sites (tertiary alicyclic amines) is 1. The van der Waals surface area contributed by atoms with Crippen LogP contribution in [0.2, 0.25) is 5.02 Å². The Morgan fingerprint density at radius 2 is 1.88 bits per heavy atom. The van der Waals surface area contributed by atoms with Crippen molar-refractivity contribution in [1.29, 1.82) is 0 Å². The molecule has 1 aliphatic rings. The molecule has 4 heteroatoms. The first-order valence-corrected chi connectivity index (χ1v) is 9.81. The quantitative estimate of drug-likeness (QED) is 0.781. The predicted molar refractivity (Wildman–Crippen MR) is 109 cm³/mol. The van der Waals surface area contributed by atoms with Gasteiger partial charge in [-0.3, -0.25) is 4.79 Å². The Labute approximate surface area is 161 Å². The molecular formula is C22H27ClN2O. The van der Waals surface area contributed by atoms with Crippen LogP contribution in [-0.4, -0.2) is 30.4 Å². The van der Waals surface area contributed by atoms with Crippen LogP contribution in [0.3, 0.4) is 0 Å². The van der Waals surface area contributed by atoms with Gasteiger partial charge in [0.1, 0.15) is 0 Å². The van der Waals surface area contributed by atoms with Crippen LogP contribution in [0.15, 0.2) is 48.5 Å². The monoisotopic (exact) mass is 370 g/mol. The Balaban J connectivity index is 1.39. The zero-order valence-corrected chi connectivity index (χ0v) is 16.1. The highest BCUT2D eigenvalue weighted by molar-refractivity contribution is 6.30. The number of anilines is 1. The number of nitrogens with zero attached hydrogens (tertiary/aromatic N) is 1. The minimum Gasteiger partial charge on any atom is -0.384 e. The molecule has 2 aromatic carbocycles. The standard InChI is InChI=1S/C22H27ClN2O/c1-17-15-20(23)7-8-21(17)24-12-9-22(26)25-13-10-19(11-14-25)16-18-5-3-2-4-6-18/h2-8,15,19,24H,9-14,16H2,1H3. The summed E-state index contributed by atoms with van der Waals surface area (Å²) in [5.74, 6) is 0.943. The Bertz CT molecular complexity index is 724. The third kappa shape index (κ3) is 5.25. The van der Waals surface area contributed by atoms with Crippen molar-refractivity contribution in [3.63, 3.8) is 0 Å². The first kappa shape index (κ1) is 18.8. The summed E-state index contributed by atoms with van der Waals surface area (Å²) in [7, 11) is 0. The Morgan fingerprint density at radius 1 is 1.15 bits per heavy atom. The molecule has 1 saturated heterocycles. The van der Waals surface area contributed by atoms with Crippen molar-refractivity contribution >= 4 is 23.2 Å². The highest BCUT2D eigenvalue weighted by Crippen LogP contribution is 2.22. The zero-order valence-electron chi connectivity index (χ0n) is 15.4. The van der Waals surface area contributed by atoms with E-state index in [2.05, 4.69) is 35.6 Å². The number of hydrogen-bond acceptors (Lipinski definition) is 2. The fraction of sp³-hybridized carbons (Fsp3) is 0.409. The molecule has 0 atom stereocenters. The van der Waals surface area contributed by atoms with Gasteiger partial charge in [0.05, 0.1) is 0 Å². The number of carbonyl (C=O) groups is 1. The van der Waals surface area contributed by atoms with Crippen LogP contribution in [0.25, 0.3) is 0 Å². The Kier molecular flexibility index (Phi) is 6.56. The predicted octanol–water partition coefficient (Wildman–Crippen LogP) is 4.93. The van der Waals surface area contributed by atoms with Crippen molar-refractivity contribution in [2.75, 3.05) is 25.0 Å². The van der Waals surface area contributed by atoms with Crippen LogP contribution < -0.4 is 5.32 Å². The van der Waals surface area contributed by atoms with Gasteiger partial charge in [0.25, 0.3) is 0 Å². The second-order valence-electron chi connectivity index (χ2n) is 7.15. The molecule has 2 aromatic rings. The van der Waals surface area contributed by atoms with Crippen molar-refractivity contribution in [1.82, 2.24) is 4.90 Å². The van der Waals surface area contributed by atoms with E-state index in [-0.39, 0.29) is 5.91 Å². The molecule has 26 heavy (non-hydrogen) atoms. The molecule has 1 amide bonds. The lowest BCUT2D eigenvalue weighted by Gasteiger charge is -2.32. The topological polar surface area (TPSA) is 32.3 Å². The van der Waals surface area contributed by atoms with Gasteiger partial charge in [-0.15, -0.1) is 0 Å². The van der Waals surface area contributed by atoms with Gasteiger partial charge in [0, 0.05) is 36.8 Å². The number of hydrogen-bond donors (Lipinski definition) is 1. The van der Waals surface area contributed by atoms with Crippen molar-refractivity contribution < 1.29 is 4.79 Å². The summed E-state index contributed by atoms with van der Waals surface area (Å²) in [4.78, 5) is 14.5. The molecule has 138 valence electrons. The van der Waals surface area contributed by atoms with Crippen molar-refractivity contribution in [3.8, 4) is 0 Å². The van der Waals surface area contributed by atoms with Gasteiger partial charge in [-0.05, 0) is 61.4 Å². The number of halogens is 1. The normalized spacial score (nSPS) is 15.1. The second-order valence-corrected chi connectivity index (χ2v) is 7.59. The van der Waals surface area contributed by atoms with Gasteiger partial charge < -0.3 is 10.2 Å². The highest BCUT2D eigenvalue weighted by atomic mass is 35.5. The first-order chi connectivity index (χ1) is 12.6. The van der Waals surface area contributed by atoms with Crippen molar-refractivity contribution in [2.45, 2.75) is 32.6 Å². The third-order valence-electron chi connectivity index (χ3n) is 5.18. The summed E-state index contributed by atoms with van der Waals surface area (Å²) in [6.07, 6.45) is 3.86. The molecule has 3 rings (SSSR count). The number of rotatable bonds is 6. The lowest BCUT2D eigenvalue weighted by atomic mass is 9.90. The van der Waals surface area contributed by atoms with Crippen LogP contribution in [0.1, 0.15) is 30.4 Å². The number of benzene rings is 2. The number of amides is 1. The van der Waals surface area contributed by atoms with Crippen LogP contribution in [0.5, 0.6) is 0 Å². The average molecular weight is 371 g/mol. The maximum absolute atomic E-state index is 12.5. The second kappa shape index (κ2) is 9.09. The van der Waals surface area contributed by atoms with E-state index in [1.54, 1.807) is 0 Å². The van der Waals surface area contributed by atoms with E-state index in [0.29, 0.717) is 18.9 Å². The third-order valence-corrected chi connectivity index (χ3v) is 5.41. The molecule has 1 N–H and O–H groups in total. The molecule has 1 fully saturated rings. The van der Waals surface area contributed by atoms with Gasteiger partial charge in [-0.25, -0.2) is 0 Å². The number of nitrogens with one attached hydrogen (secondary N) is 1. The smallest absolute Gasteiger partial charge is 0.224 e. The summed E-state index contributed by atoms with van der Waals surface area (Å²) in [6, 6.07) is 16.4. The molecule has 0 radical (unpaired) electrons. The SMILES string of the molecule is Cc1cc(Cl)ccc1NCCC(=O)N1CCC(Cc2ccccc2)CC1. The van der Waals surface area contributed by atoms with Crippen LogP contribution in [-0.2, 0) is 11.2 Å². The minimum atomic E-state index is 0.252. The van der Waals surface area contributed by atoms with Gasteiger partial charge in [-0.2, -0.15) is 0 Å². The summed E-state index contributed by atoms with van der Waals surface area (Å²) < 4.78 is 0. The zero-order chi connectivity index (χ0) is 18.4. The molecule has 0 aliphatic carbocycles. The Hall–Kier alpha value is -2.00. The highest BCUT2D eigenvalue weighted by Gasteiger charge is 2.22. The van der Waals surface area contributed by atoms with E-state index in [4.69, 9.17) is 11.6 Å². The summed E-state index contributed by atoms with van der Waals surface area (Å²) in [5, 5.41) is 4.08. The van der Waals surface area contributed by atoms with Gasteiger partial charge in [0.15, 0.2) is 0 Å². The Morgan fingerprint density at radius 3 is 2.58 bits per heavy atom.